The molecule has 3 aromatic rings. The Morgan fingerprint density at radius 2 is 2.16 bits per heavy atom. The number of nitrogens with one attached hydrogen (secondary N) is 2. The minimum atomic E-state index is -0.531. The first-order chi connectivity index (χ1) is 15.0. The smallest absolute Gasteiger partial charge is 0.270 e. The molecule has 0 atom stereocenters. The summed E-state index contributed by atoms with van der Waals surface area (Å²) < 4.78 is 6.78. The number of thioether (sulfide) groups is 1. The van der Waals surface area contributed by atoms with Crippen LogP contribution in [0.15, 0.2) is 35.6 Å². The zero-order chi connectivity index (χ0) is 22.2. The maximum absolute atomic E-state index is 12.3. The number of non-ortho nitro benzene ring substituents is 1. The summed E-state index contributed by atoms with van der Waals surface area (Å²) in [5.41, 5.74) is 0.764. The van der Waals surface area contributed by atoms with E-state index in [1.165, 1.54) is 36.0 Å². The second kappa shape index (κ2) is 10.7. The van der Waals surface area contributed by atoms with E-state index in [4.69, 9.17) is 4.74 Å². The number of benzene rings is 1. The Bertz CT molecular complexity index is 1070. The van der Waals surface area contributed by atoms with Crippen molar-refractivity contribution < 1.29 is 14.5 Å². The zero-order valence-electron chi connectivity index (χ0n) is 17.2. The van der Waals surface area contributed by atoms with Crippen molar-refractivity contribution in [2.75, 3.05) is 37.9 Å². The lowest BCUT2D eigenvalue weighted by Gasteiger charge is -2.09. The van der Waals surface area contributed by atoms with Crippen LogP contribution in [0, 0.1) is 10.1 Å². The van der Waals surface area contributed by atoms with E-state index < -0.39 is 4.92 Å². The van der Waals surface area contributed by atoms with Crippen LogP contribution in [0.3, 0.4) is 0 Å². The van der Waals surface area contributed by atoms with E-state index in [0.717, 1.165) is 11.1 Å². The average Bonchev–Trinajstić information content (AvgIpc) is 3.17. The van der Waals surface area contributed by atoms with Crippen LogP contribution in [0.5, 0.6) is 0 Å². The molecule has 0 radical (unpaired) electrons. The molecule has 0 aliphatic carbocycles. The predicted octanol–water partition coefficient (Wildman–Crippen LogP) is 2.33. The number of fused-ring (bicyclic) bond motifs is 1. The van der Waals surface area contributed by atoms with Crippen molar-refractivity contribution in [3.63, 3.8) is 0 Å². The number of rotatable bonds is 11. The van der Waals surface area contributed by atoms with Crippen LogP contribution in [0.1, 0.15) is 17.3 Å². The van der Waals surface area contributed by atoms with Crippen LogP contribution in [0.4, 0.5) is 11.5 Å². The first-order valence-electron chi connectivity index (χ1n) is 9.65. The second-order valence-electron chi connectivity index (χ2n) is 6.38. The van der Waals surface area contributed by atoms with E-state index in [1.807, 2.05) is 6.92 Å². The predicted molar refractivity (Wildman–Crippen MR) is 118 cm³/mol. The number of nitrogens with zero attached hydrogens (tertiary/aromatic N) is 5. The topological polar surface area (TPSA) is 137 Å². The number of methoxy groups -OCH3 is 1. The molecular formula is C19H23N7O4S. The van der Waals surface area contributed by atoms with E-state index >= 15 is 0 Å². The molecule has 0 spiro atoms. The summed E-state index contributed by atoms with van der Waals surface area (Å²) in [6.07, 6.45) is 1.69. The number of nitro benzene ring substituents is 1. The number of nitro groups is 1. The standard InChI is InChI=1S/C19H23N7O4S/c1-3-31-19-23-16(20-8-10-30-2)15-12-22-25(17(15)24-19)9-7-21-18(27)13-5-4-6-14(11-13)26(28)29/h4-6,11-12H,3,7-10H2,1-2H3,(H,21,27)(H,20,23,24). The number of hydrogen-bond donors (Lipinski definition) is 2. The van der Waals surface area contributed by atoms with Gasteiger partial charge in [0.2, 0.25) is 0 Å². The van der Waals surface area contributed by atoms with Crippen LogP contribution in [-0.2, 0) is 11.3 Å². The third-order valence-electron chi connectivity index (χ3n) is 4.28. The first kappa shape index (κ1) is 22.4. The minimum absolute atomic E-state index is 0.128. The third kappa shape index (κ3) is 5.67. The molecule has 1 amide bonds. The van der Waals surface area contributed by atoms with Gasteiger partial charge in [0.25, 0.3) is 11.6 Å². The van der Waals surface area contributed by atoms with Gasteiger partial charge in [0.1, 0.15) is 5.82 Å². The van der Waals surface area contributed by atoms with Gasteiger partial charge in [-0.2, -0.15) is 5.10 Å². The molecule has 0 bridgehead atoms. The molecule has 12 heteroatoms. The van der Waals surface area contributed by atoms with E-state index in [0.29, 0.717) is 36.3 Å². The maximum Gasteiger partial charge on any atom is 0.270 e. The highest BCUT2D eigenvalue weighted by Crippen LogP contribution is 2.24. The van der Waals surface area contributed by atoms with Crippen LogP contribution in [0.2, 0.25) is 0 Å². The highest BCUT2D eigenvalue weighted by molar-refractivity contribution is 7.99. The highest BCUT2D eigenvalue weighted by atomic mass is 32.2. The fourth-order valence-corrected chi connectivity index (χ4v) is 3.40. The minimum Gasteiger partial charge on any atom is -0.383 e. The van der Waals surface area contributed by atoms with Gasteiger partial charge in [-0.3, -0.25) is 14.9 Å². The van der Waals surface area contributed by atoms with Crippen molar-refractivity contribution in [3.05, 3.63) is 46.1 Å². The Labute approximate surface area is 182 Å². The molecular weight excluding hydrogens is 422 g/mol. The van der Waals surface area contributed by atoms with E-state index in [-0.39, 0.29) is 23.7 Å². The molecule has 0 aliphatic heterocycles. The summed E-state index contributed by atoms with van der Waals surface area (Å²) in [6.45, 7) is 3.83. The lowest BCUT2D eigenvalue weighted by Crippen LogP contribution is -2.27. The number of hydrogen-bond acceptors (Lipinski definition) is 9. The van der Waals surface area contributed by atoms with Crippen molar-refractivity contribution in [1.29, 1.82) is 0 Å². The van der Waals surface area contributed by atoms with Gasteiger partial charge in [-0.25, -0.2) is 14.6 Å². The molecule has 31 heavy (non-hydrogen) atoms. The number of anilines is 1. The monoisotopic (exact) mass is 445 g/mol. The maximum atomic E-state index is 12.3. The van der Waals surface area contributed by atoms with Gasteiger partial charge in [0.15, 0.2) is 10.8 Å². The van der Waals surface area contributed by atoms with Gasteiger partial charge in [0, 0.05) is 37.9 Å². The number of aromatic nitrogens is 4. The SMILES string of the molecule is CCSc1nc(NCCOC)c2cnn(CCNC(=O)c3cccc([N+](=O)[O-])c3)c2n1. The molecule has 2 heterocycles. The molecule has 0 saturated heterocycles. The van der Waals surface area contributed by atoms with Gasteiger partial charge in [-0.15, -0.1) is 0 Å². The van der Waals surface area contributed by atoms with Gasteiger partial charge in [0.05, 0.1) is 29.7 Å². The van der Waals surface area contributed by atoms with Crippen molar-refractivity contribution in [3.8, 4) is 0 Å². The molecule has 0 saturated carbocycles. The number of ether oxygens (including phenoxy) is 1. The fraction of sp³-hybridized carbons (Fsp3) is 0.368. The zero-order valence-corrected chi connectivity index (χ0v) is 18.0. The summed E-state index contributed by atoms with van der Waals surface area (Å²) in [6, 6.07) is 5.61. The average molecular weight is 446 g/mol. The number of carbonyl (C=O) groups is 1. The van der Waals surface area contributed by atoms with Gasteiger partial charge in [-0.1, -0.05) is 24.8 Å². The van der Waals surface area contributed by atoms with Crippen LogP contribution in [-0.4, -0.2) is 63.1 Å². The first-order valence-corrected chi connectivity index (χ1v) is 10.6. The fourth-order valence-electron chi connectivity index (χ4n) is 2.84. The molecule has 164 valence electrons. The van der Waals surface area contributed by atoms with E-state index in [9.17, 15) is 14.9 Å². The number of carbonyl (C=O) groups excluding carboxylic acids is 1. The summed E-state index contributed by atoms with van der Waals surface area (Å²) in [5, 5.41) is 22.7. The van der Waals surface area contributed by atoms with Gasteiger partial charge < -0.3 is 15.4 Å². The molecule has 2 aromatic heterocycles. The van der Waals surface area contributed by atoms with E-state index in [1.54, 1.807) is 18.0 Å². The highest BCUT2D eigenvalue weighted by Gasteiger charge is 2.14. The van der Waals surface area contributed by atoms with E-state index in [2.05, 4.69) is 25.7 Å². The summed E-state index contributed by atoms with van der Waals surface area (Å²) in [7, 11) is 1.63. The Hall–Kier alpha value is -3.25. The summed E-state index contributed by atoms with van der Waals surface area (Å²) in [5.74, 6) is 1.12. The Kier molecular flexibility index (Phi) is 7.73. The van der Waals surface area contributed by atoms with Crippen LogP contribution >= 0.6 is 11.8 Å². The largest absolute Gasteiger partial charge is 0.383 e. The molecule has 3 rings (SSSR count). The summed E-state index contributed by atoms with van der Waals surface area (Å²) >= 11 is 1.53. The Balaban J connectivity index is 1.72. The van der Waals surface area contributed by atoms with Crippen molar-refractivity contribution in [2.45, 2.75) is 18.6 Å². The molecule has 0 fully saturated rings. The third-order valence-corrected chi connectivity index (χ3v) is 5.01. The second-order valence-corrected chi connectivity index (χ2v) is 7.61. The lowest BCUT2D eigenvalue weighted by molar-refractivity contribution is -0.384. The molecule has 11 nitrogen and oxygen atoms in total. The quantitative estimate of drug-likeness (QED) is 0.150. The Morgan fingerprint density at radius 3 is 2.90 bits per heavy atom. The van der Waals surface area contributed by atoms with Crippen LogP contribution in [0.25, 0.3) is 11.0 Å². The molecule has 1 aromatic carbocycles. The molecule has 0 aliphatic rings. The summed E-state index contributed by atoms with van der Waals surface area (Å²) in [4.78, 5) is 31.8. The molecule has 0 unspecified atom stereocenters. The van der Waals surface area contributed by atoms with Crippen LogP contribution < -0.4 is 10.6 Å². The van der Waals surface area contributed by atoms with Gasteiger partial charge in [-0.05, 0) is 11.8 Å². The van der Waals surface area contributed by atoms with Crippen molar-refractivity contribution in [2.24, 2.45) is 0 Å². The number of amides is 1. The molecule has 2 N–H and O–H groups in total. The lowest BCUT2D eigenvalue weighted by atomic mass is 10.2. The van der Waals surface area contributed by atoms with Gasteiger partial charge >= 0.3 is 0 Å². The Morgan fingerprint density at radius 1 is 1.32 bits per heavy atom. The van der Waals surface area contributed by atoms with Crippen molar-refractivity contribution >= 4 is 40.2 Å². The normalized spacial score (nSPS) is 10.9. The van der Waals surface area contributed by atoms with Crippen molar-refractivity contribution in [1.82, 2.24) is 25.1 Å².